The molecule has 0 saturated carbocycles. The highest BCUT2D eigenvalue weighted by Crippen LogP contribution is 2.17. The molecule has 24 heavy (non-hydrogen) atoms. The molecule has 0 bridgehead atoms. The van der Waals surface area contributed by atoms with Gasteiger partial charge in [0.25, 0.3) is 0 Å². The number of H-pyrrole nitrogens is 1. The number of thiazole rings is 1. The van der Waals surface area contributed by atoms with Gasteiger partial charge in [0.1, 0.15) is 5.01 Å². The zero-order valence-electron chi connectivity index (χ0n) is 14.1. The number of hydrogen-bond donors (Lipinski definition) is 1. The molecule has 1 N–H and O–H groups in total. The number of nitrogens with zero attached hydrogens (tertiary/aromatic N) is 4. The summed E-state index contributed by atoms with van der Waals surface area (Å²) in [5.41, 5.74) is 2.11. The van der Waals surface area contributed by atoms with Crippen LogP contribution in [0.25, 0.3) is 0 Å². The van der Waals surface area contributed by atoms with E-state index in [1.54, 1.807) is 28.8 Å². The Hall–Kier alpha value is -1.77. The minimum Gasteiger partial charge on any atom is -0.378 e. The third-order valence-corrected chi connectivity index (χ3v) is 5.09. The number of imidazole rings is 1. The van der Waals surface area contributed by atoms with E-state index in [0.29, 0.717) is 26.2 Å². The first kappa shape index (κ1) is 17.1. The molecule has 0 aliphatic carbocycles. The predicted molar refractivity (Wildman–Crippen MR) is 91.5 cm³/mol. The molecule has 8 heteroatoms. The maximum absolute atomic E-state index is 12.6. The fourth-order valence-corrected chi connectivity index (χ4v) is 3.47. The van der Waals surface area contributed by atoms with Gasteiger partial charge in [-0.15, -0.1) is 11.3 Å². The topological polar surface area (TPSA) is 74.4 Å². The molecule has 1 fully saturated rings. The number of carbonyl (C=O) groups is 1. The van der Waals surface area contributed by atoms with Crippen molar-refractivity contribution >= 4 is 17.2 Å². The van der Waals surface area contributed by atoms with Crippen molar-refractivity contribution in [1.29, 1.82) is 0 Å². The second-order valence-corrected chi connectivity index (χ2v) is 7.03. The van der Waals surface area contributed by atoms with Crippen LogP contribution >= 0.6 is 11.3 Å². The lowest BCUT2D eigenvalue weighted by atomic mass is 10.1. The number of amides is 1. The van der Waals surface area contributed by atoms with Crippen molar-refractivity contribution in [2.45, 2.75) is 32.5 Å². The van der Waals surface area contributed by atoms with Crippen LogP contribution in [0, 0.1) is 6.92 Å². The molecule has 3 rings (SSSR count). The van der Waals surface area contributed by atoms with Crippen molar-refractivity contribution in [3.63, 3.8) is 0 Å². The summed E-state index contributed by atoms with van der Waals surface area (Å²) in [5, 5.41) is 2.88. The number of hydrogen-bond acceptors (Lipinski definition) is 6. The Kier molecular flexibility index (Phi) is 5.60. The molecule has 0 spiro atoms. The highest BCUT2D eigenvalue weighted by Gasteiger charge is 2.27. The Morgan fingerprint density at radius 2 is 2.42 bits per heavy atom. The Balaban J connectivity index is 1.58. The lowest BCUT2D eigenvalue weighted by Crippen LogP contribution is -2.47. The maximum Gasteiger partial charge on any atom is 0.224 e. The number of rotatable bonds is 6. The zero-order valence-corrected chi connectivity index (χ0v) is 14.9. The fourth-order valence-electron chi connectivity index (χ4n) is 2.80. The summed E-state index contributed by atoms with van der Waals surface area (Å²) in [6.45, 7) is 5.42. The van der Waals surface area contributed by atoms with Gasteiger partial charge in [-0.2, -0.15) is 0 Å². The Morgan fingerprint density at radius 1 is 1.54 bits per heavy atom. The second kappa shape index (κ2) is 7.87. The summed E-state index contributed by atoms with van der Waals surface area (Å²) in [7, 11) is 1.83. The SMILES string of the molecule is Cc1[nH]cnc1CN1CCOCC1CC(=O)N(C)Cc1nccs1. The number of aromatic amines is 1. The monoisotopic (exact) mass is 349 g/mol. The van der Waals surface area contributed by atoms with Crippen LogP contribution in [-0.4, -0.2) is 63.5 Å². The van der Waals surface area contributed by atoms with Crippen LogP contribution in [0.5, 0.6) is 0 Å². The minimum absolute atomic E-state index is 0.0843. The van der Waals surface area contributed by atoms with Crippen LogP contribution in [0.15, 0.2) is 17.9 Å². The molecule has 0 radical (unpaired) electrons. The molecular formula is C16H23N5O2S. The molecule has 3 heterocycles. The van der Waals surface area contributed by atoms with E-state index in [-0.39, 0.29) is 11.9 Å². The number of ether oxygens (including phenoxy) is 1. The van der Waals surface area contributed by atoms with Crippen molar-refractivity contribution in [2.75, 3.05) is 26.8 Å². The van der Waals surface area contributed by atoms with E-state index >= 15 is 0 Å². The first-order valence-electron chi connectivity index (χ1n) is 8.06. The van der Waals surface area contributed by atoms with Gasteiger partial charge in [0.2, 0.25) is 5.91 Å². The predicted octanol–water partition coefficient (Wildman–Crippen LogP) is 1.42. The van der Waals surface area contributed by atoms with Crippen LogP contribution < -0.4 is 0 Å². The van der Waals surface area contributed by atoms with Gasteiger partial charge in [0.15, 0.2) is 0 Å². The third-order valence-electron chi connectivity index (χ3n) is 4.33. The van der Waals surface area contributed by atoms with Crippen LogP contribution in [-0.2, 0) is 22.6 Å². The largest absolute Gasteiger partial charge is 0.378 e. The second-order valence-electron chi connectivity index (χ2n) is 6.05. The fraction of sp³-hybridized carbons (Fsp3) is 0.562. The quantitative estimate of drug-likeness (QED) is 0.854. The van der Waals surface area contributed by atoms with Gasteiger partial charge in [-0.3, -0.25) is 9.69 Å². The molecule has 2 aromatic rings. The van der Waals surface area contributed by atoms with Gasteiger partial charge in [-0.1, -0.05) is 0 Å². The summed E-state index contributed by atoms with van der Waals surface area (Å²) >= 11 is 1.57. The molecular weight excluding hydrogens is 326 g/mol. The molecule has 1 amide bonds. The summed E-state index contributed by atoms with van der Waals surface area (Å²) in [5.74, 6) is 0.115. The highest BCUT2D eigenvalue weighted by molar-refractivity contribution is 7.09. The molecule has 0 aromatic carbocycles. The van der Waals surface area contributed by atoms with E-state index in [0.717, 1.165) is 29.5 Å². The van der Waals surface area contributed by atoms with E-state index in [9.17, 15) is 4.79 Å². The van der Waals surface area contributed by atoms with Crippen molar-refractivity contribution in [1.82, 2.24) is 24.8 Å². The van der Waals surface area contributed by atoms with Crippen molar-refractivity contribution < 1.29 is 9.53 Å². The van der Waals surface area contributed by atoms with Crippen LogP contribution in [0.1, 0.15) is 22.8 Å². The smallest absolute Gasteiger partial charge is 0.224 e. The molecule has 7 nitrogen and oxygen atoms in total. The number of aromatic nitrogens is 3. The number of nitrogens with one attached hydrogen (secondary N) is 1. The van der Waals surface area contributed by atoms with E-state index < -0.39 is 0 Å². The minimum atomic E-state index is 0.0843. The first-order chi connectivity index (χ1) is 11.6. The van der Waals surface area contributed by atoms with E-state index in [2.05, 4.69) is 19.9 Å². The van der Waals surface area contributed by atoms with Gasteiger partial charge in [-0.05, 0) is 6.92 Å². The summed E-state index contributed by atoms with van der Waals surface area (Å²) in [6.07, 6.45) is 3.93. The molecule has 1 saturated heterocycles. The van der Waals surface area contributed by atoms with Gasteiger partial charge < -0.3 is 14.6 Å². The summed E-state index contributed by atoms with van der Waals surface area (Å²) in [6, 6.07) is 0.0843. The van der Waals surface area contributed by atoms with Crippen LogP contribution in [0.2, 0.25) is 0 Å². The van der Waals surface area contributed by atoms with E-state index in [4.69, 9.17) is 4.74 Å². The highest BCUT2D eigenvalue weighted by atomic mass is 32.1. The normalized spacial score (nSPS) is 18.7. The van der Waals surface area contributed by atoms with Crippen LogP contribution in [0.3, 0.4) is 0 Å². The number of aryl methyl sites for hydroxylation is 1. The van der Waals surface area contributed by atoms with Crippen molar-refractivity contribution in [2.24, 2.45) is 0 Å². The molecule has 2 aromatic heterocycles. The molecule has 130 valence electrons. The Morgan fingerprint density at radius 3 is 3.12 bits per heavy atom. The maximum atomic E-state index is 12.6. The summed E-state index contributed by atoms with van der Waals surface area (Å²) < 4.78 is 5.60. The lowest BCUT2D eigenvalue weighted by Gasteiger charge is -2.35. The Bertz CT molecular complexity index is 657. The Labute approximate surface area is 145 Å². The van der Waals surface area contributed by atoms with E-state index in [1.807, 2.05) is 19.4 Å². The molecule has 1 atom stereocenters. The van der Waals surface area contributed by atoms with Crippen LogP contribution in [0.4, 0.5) is 0 Å². The number of carbonyl (C=O) groups excluding carboxylic acids is 1. The summed E-state index contributed by atoms with van der Waals surface area (Å²) in [4.78, 5) is 28.3. The molecule has 1 unspecified atom stereocenters. The van der Waals surface area contributed by atoms with Gasteiger partial charge in [0, 0.05) is 49.9 Å². The van der Waals surface area contributed by atoms with Crippen molar-refractivity contribution in [3.8, 4) is 0 Å². The third kappa shape index (κ3) is 4.19. The first-order valence-corrected chi connectivity index (χ1v) is 8.94. The van der Waals surface area contributed by atoms with Gasteiger partial charge in [0.05, 0.1) is 31.8 Å². The number of morpholine rings is 1. The zero-order chi connectivity index (χ0) is 16.9. The standard InChI is InChI=1S/C16H23N5O2S/c1-12-14(19-11-18-12)8-21-4-5-23-10-13(21)7-16(22)20(2)9-15-17-3-6-24-15/h3,6,11,13H,4-5,7-10H2,1-2H3,(H,18,19). The molecule has 1 aliphatic heterocycles. The van der Waals surface area contributed by atoms with E-state index in [1.165, 1.54) is 0 Å². The van der Waals surface area contributed by atoms with Gasteiger partial charge >= 0.3 is 0 Å². The lowest BCUT2D eigenvalue weighted by molar-refractivity contribution is -0.133. The average Bonchev–Trinajstić information content (AvgIpc) is 3.21. The van der Waals surface area contributed by atoms with Crippen molar-refractivity contribution in [3.05, 3.63) is 34.3 Å². The molecule has 1 aliphatic rings. The van der Waals surface area contributed by atoms with Gasteiger partial charge in [-0.25, -0.2) is 9.97 Å². The average molecular weight is 349 g/mol.